The molecule has 0 spiro atoms. The molecule has 3 heteroatoms. The SMILES string of the molecule is CCc1cc(C(O)C2CCCCC2)c2c(c1)C(C)(C)C(=O)N2. The first-order chi connectivity index (χ1) is 10.4. The Labute approximate surface area is 133 Å². The average Bonchev–Trinajstić information content (AvgIpc) is 2.76. The Hall–Kier alpha value is -1.35. The van der Waals surface area contributed by atoms with Gasteiger partial charge in [-0.05, 0) is 50.2 Å². The van der Waals surface area contributed by atoms with Gasteiger partial charge in [0.25, 0.3) is 0 Å². The van der Waals surface area contributed by atoms with Gasteiger partial charge in [0.05, 0.1) is 17.2 Å². The molecule has 1 aromatic carbocycles. The molecule has 3 rings (SSSR count). The number of benzene rings is 1. The molecule has 1 amide bonds. The van der Waals surface area contributed by atoms with E-state index in [-0.39, 0.29) is 5.91 Å². The lowest BCUT2D eigenvalue weighted by molar-refractivity contribution is -0.119. The lowest BCUT2D eigenvalue weighted by Gasteiger charge is -2.28. The Bertz CT molecular complexity index is 585. The van der Waals surface area contributed by atoms with Crippen molar-refractivity contribution in [2.75, 3.05) is 5.32 Å². The number of rotatable bonds is 3. The van der Waals surface area contributed by atoms with Crippen LogP contribution in [0.4, 0.5) is 5.69 Å². The van der Waals surface area contributed by atoms with E-state index in [2.05, 4.69) is 24.4 Å². The molecule has 0 radical (unpaired) electrons. The van der Waals surface area contributed by atoms with E-state index in [9.17, 15) is 9.90 Å². The molecular weight excluding hydrogens is 274 g/mol. The van der Waals surface area contributed by atoms with Crippen molar-refractivity contribution in [1.29, 1.82) is 0 Å². The number of amides is 1. The summed E-state index contributed by atoms with van der Waals surface area (Å²) in [6, 6.07) is 4.23. The fourth-order valence-electron chi connectivity index (χ4n) is 3.89. The predicted molar refractivity (Wildman–Crippen MR) is 89.0 cm³/mol. The summed E-state index contributed by atoms with van der Waals surface area (Å²) in [5.74, 6) is 0.360. The van der Waals surface area contributed by atoms with E-state index >= 15 is 0 Å². The Morgan fingerprint density at radius 1 is 1.27 bits per heavy atom. The highest BCUT2D eigenvalue weighted by Crippen LogP contribution is 2.45. The maximum absolute atomic E-state index is 12.3. The van der Waals surface area contributed by atoms with Crippen molar-refractivity contribution in [3.63, 3.8) is 0 Å². The molecule has 1 atom stereocenters. The summed E-state index contributed by atoms with van der Waals surface area (Å²) in [6.07, 6.45) is 6.31. The van der Waals surface area contributed by atoms with Crippen molar-refractivity contribution in [1.82, 2.24) is 0 Å². The lowest BCUT2D eigenvalue weighted by Crippen LogP contribution is -2.26. The summed E-state index contributed by atoms with van der Waals surface area (Å²) < 4.78 is 0. The van der Waals surface area contributed by atoms with E-state index in [0.29, 0.717) is 5.92 Å². The van der Waals surface area contributed by atoms with Crippen LogP contribution in [0.1, 0.15) is 75.7 Å². The van der Waals surface area contributed by atoms with Gasteiger partial charge in [-0.15, -0.1) is 0 Å². The third-order valence-electron chi connectivity index (χ3n) is 5.53. The molecule has 2 aliphatic rings. The van der Waals surface area contributed by atoms with E-state index in [1.807, 2.05) is 13.8 Å². The Balaban J connectivity index is 2.04. The fourth-order valence-corrected chi connectivity index (χ4v) is 3.89. The minimum Gasteiger partial charge on any atom is -0.388 e. The quantitative estimate of drug-likeness (QED) is 0.883. The fraction of sp³-hybridized carbons (Fsp3) is 0.632. The first-order valence-electron chi connectivity index (χ1n) is 8.62. The van der Waals surface area contributed by atoms with Crippen LogP contribution in [0.5, 0.6) is 0 Å². The van der Waals surface area contributed by atoms with Crippen LogP contribution >= 0.6 is 0 Å². The van der Waals surface area contributed by atoms with Gasteiger partial charge in [-0.1, -0.05) is 38.3 Å². The molecule has 3 nitrogen and oxygen atoms in total. The number of aliphatic hydroxyl groups excluding tert-OH is 1. The molecule has 0 bridgehead atoms. The van der Waals surface area contributed by atoms with Crippen molar-refractivity contribution < 1.29 is 9.90 Å². The second kappa shape index (κ2) is 5.69. The Kier molecular flexibility index (Phi) is 4.02. The largest absolute Gasteiger partial charge is 0.388 e. The average molecular weight is 301 g/mol. The predicted octanol–water partition coefficient (Wildman–Crippen LogP) is 4.09. The van der Waals surface area contributed by atoms with E-state index in [0.717, 1.165) is 36.1 Å². The van der Waals surface area contributed by atoms with Crippen LogP contribution < -0.4 is 5.32 Å². The summed E-state index contributed by atoms with van der Waals surface area (Å²) in [5, 5.41) is 14.0. The van der Waals surface area contributed by atoms with E-state index in [1.165, 1.54) is 24.8 Å². The molecule has 120 valence electrons. The van der Waals surface area contributed by atoms with Gasteiger partial charge in [0.2, 0.25) is 5.91 Å². The molecule has 1 heterocycles. The summed E-state index contributed by atoms with van der Waals surface area (Å²) in [7, 11) is 0. The number of aryl methyl sites for hydroxylation is 1. The molecule has 22 heavy (non-hydrogen) atoms. The van der Waals surface area contributed by atoms with Gasteiger partial charge in [0.1, 0.15) is 0 Å². The minimum atomic E-state index is -0.512. The van der Waals surface area contributed by atoms with Gasteiger partial charge in [0, 0.05) is 5.56 Å². The Morgan fingerprint density at radius 2 is 1.95 bits per heavy atom. The van der Waals surface area contributed by atoms with Gasteiger partial charge in [0.15, 0.2) is 0 Å². The maximum atomic E-state index is 12.3. The topological polar surface area (TPSA) is 49.3 Å². The smallest absolute Gasteiger partial charge is 0.234 e. The van der Waals surface area contributed by atoms with Crippen LogP contribution in [-0.2, 0) is 16.6 Å². The van der Waals surface area contributed by atoms with Crippen molar-refractivity contribution in [2.45, 2.75) is 70.8 Å². The number of aliphatic hydroxyl groups is 1. The van der Waals surface area contributed by atoms with Crippen LogP contribution in [0, 0.1) is 5.92 Å². The van der Waals surface area contributed by atoms with Crippen molar-refractivity contribution in [2.24, 2.45) is 5.92 Å². The van der Waals surface area contributed by atoms with E-state index < -0.39 is 11.5 Å². The zero-order valence-corrected chi connectivity index (χ0v) is 13.9. The lowest BCUT2D eigenvalue weighted by atomic mass is 9.79. The second-order valence-corrected chi connectivity index (χ2v) is 7.38. The van der Waals surface area contributed by atoms with Crippen LogP contribution in [-0.4, -0.2) is 11.0 Å². The van der Waals surface area contributed by atoms with E-state index in [4.69, 9.17) is 0 Å². The summed E-state index contributed by atoms with van der Waals surface area (Å²) in [4.78, 5) is 12.3. The number of carbonyl (C=O) groups is 1. The molecule has 2 N–H and O–H groups in total. The van der Waals surface area contributed by atoms with Gasteiger partial charge in [-0.3, -0.25) is 4.79 Å². The van der Waals surface area contributed by atoms with Crippen LogP contribution in [0.25, 0.3) is 0 Å². The highest BCUT2D eigenvalue weighted by Gasteiger charge is 2.41. The number of hydrogen-bond acceptors (Lipinski definition) is 2. The summed E-state index contributed by atoms with van der Waals surface area (Å²) in [6.45, 7) is 6.05. The molecule has 1 unspecified atom stereocenters. The Morgan fingerprint density at radius 3 is 2.59 bits per heavy atom. The number of nitrogens with one attached hydrogen (secondary N) is 1. The maximum Gasteiger partial charge on any atom is 0.234 e. The van der Waals surface area contributed by atoms with Crippen LogP contribution in [0.15, 0.2) is 12.1 Å². The molecular formula is C19H27NO2. The summed E-state index contributed by atoms with van der Waals surface area (Å²) in [5.41, 5.74) is 3.53. The second-order valence-electron chi connectivity index (χ2n) is 7.38. The molecule has 1 fully saturated rings. The van der Waals surface area contributed by atoms with Gasteiger partial charge in [-0.25, -0.2) is 0 Å². The molecule has 0 aromatic heterocycles. The number of carbonyl (C=O) groups excluding carboxylic acids is 1. The van der Waals surface area contributed by atoms with Gasteiger partial charge in [-0.2, -0.15) is 0 Å². The minimum absolute atomic E-state index is 0.0350. The third kappa shape index (κ3) is 2.45. The summed E-state index contributed by atoms with van der Waals surface area (Å²) >= 11 is 0. The molecule has 0 saturated heterocycles. The van der Waals surface area contributed by atoms with Crippen molar-refractivity contribution in [3.05, 3.63) is 28.8 Å². The normalized spacial score (nSPS) is 22.3. The number of hydrogen-bond donors (Lipinski definition) is 2. The standard InChI is InChI=1S/C19H27NO2/c1-4-12-10-14(17(21)13-8-6-5-7-9-13)16-15(11-12)19(2,3)18(22)20-16/h10-11,13,17,21H,4-9H2,1-3H3,(H,20,22). The third-order valence-corrected chi connectivity index (χ3v) is 5.53. The zero-order valence-electron chi connectivity index (χ0n) is 13.9. The number of fused-ring (bicyclic) bond motifs is 1. The van der Waals surface area contributed by atoms with Gasteiger partial charge < -0.3 is 10.4 Å². The van der Waals surface area contributed by atoms with Gasteiger partial charge >= 0.3 is 0 Å². The highest BCUT2D eigenvalue weighted by atomic mass is 16.3. The highest BCUT2D eigenvalue weighted by molar-refractivity contribution is 6.06. The van der Waals surface area contributed by atoms with Crippen molar-refractivity contribution in [3.8, 4) is 0 Å². The zero-order chi connectivity index (χ0) is 15.9. The molecule has 1 saturated carbocycles. The number of anilines is 1. The van der Waals surface area contributed by atoms with E-state index in [1.54, 1.807) is 0 Å². The van der Waals surface area contributed by atoms with Crippen LogP contribution in [0.2, 0.25) is 0 Å². The van der Waals surface area contributed by atoms with Crippen molar-refractivity contribution >= 4 is 11.6 Å². The molecule has 1 aliphatic carbocycles. The monoisotopic (exact) mass is 301 g/mol. The first kappa shape index (κ1) is 15.5. The first-order valence-corrected chi connectivity index (χ1v) is 8.62. The molecule has 1 aliphatic heterocycles. The molecule has 1 aromatic rings. The van der Waals surface area contributed by atoms with Crippen LogP contribution in [0.3, 0.4) is 0 Å².